The number of carbonyl (C=O) groups excluding carboxylic acids is 1. The Labute approximate surface area is 174 Å². The van der Waals surface area contributed by atoms with Gasteiger partial charge in [-0.25, -0.2) is 8.42 Å². The van der Waals surface area contributed by atoms with Crippen molar-refractivity contribution in [2.24, 2.45) is 5.92 Å². The second-order valence-corrected chi connectivity index (χ2v) is 10.3. The van der Waals surface area contributed by atoms with Gasteiger partial charge < -0.3 is 14.5 Å². The molecule has 2 aliphatic heterocycles. The van der Waals surface area contributed by atoms with Gasteiger partial charge in [0, 0.05) is 39.3 Å². The predicted molar refractivity (Wildman–Crippen MR) is 113 cm³/mol. The number of hydrogen-bond donors (Lipinski definition) is 0. The van der Waals surface area contributed by atoms with Crippen LogP contribution in [0.5, 0.6) is 5.75 Å². The van der Waals surface area contributed by atoms with E-state index in [0.29, 0.717) is 31.8 Å². The summed E-state index contributed by atoms with van der Waals surface area (Å²) in [6, 6.07) is 5.34. The van der Waals surface area contributed by atoms with Crippen molar-refractivity contribution in [2.45, 2.75) is 37.5 Å². The number of likely N-dealkylation sites (N-methyl/N-ethyl adjacent to an activating group) is 1. The molecular weight excluding hydrogens is 390 g/mol. The minimum atomic E-state index is -3.74. The largest absolute Gasteiger partial charge is 0.495 e. The molecule has 0 aliphatic carbocycles. The zero-order valence-corrected chi connectivity index (χ0v) is 18.7. The Morgan fingerprint density at radius 2 is 1.83 bits per heavy atom. The highest BCUT2D eigenvalue weighted by Crippen LogP contribution is 2.32. The number of rotatable bonds is 5. The molecule has 0 bridgehead atoms. The van der Waals surface area contributed by atoms with Crippen LogP contribution in [0.25, 0.3) is 0 Å². The summed E-state index contributed by atoms with van der Waals surface area (Å²) < 4.78 is 33.7. The Morgan fingerprint density at radius 3 is 2.45 bits per heavy atom. The zero-order valence-electron chi connectivity index (χ0n) is 17.9. The van der Waals surface area contributed by atoms with E-state index in [2.05, 4.69) is 11.9 Å². The molecule has 0 saturated carbocycles. The number of ether oxygens (including phenoxy) is 1. The summed E-state index contributed by atoms with van der Waals surface area (Å²) in [6.45, 7) is 7.88. The van der Waals surface area contributed by atoms with E-state index in [1.807, 2.05) is 24.8 Å². The highest BCUT2D eigenvalue weighted by molar-refractivity contribution is 7.89. The van der Waals surface area contributed by atoms with Gasteiger partial charge in [-0.1, -0.05) is 19.9 Å². The Hall–Kier alpha value is -1.64. The van der Waals surface area contributed by atoms with Crippen molar-refractivity contribution in [3.8, 4) is 5.75 Å². The van der Waals surface area contributed by atoms with E-state index in [9.17, 15) is 13.2 Å². The van der Waals surface area contributed by atoms with E-state index in [0.717, 1.165) is 25.1 Å². The summed E-state index contributed by atoms with van der Waals surface area (Å²) in [6.07, 6.45) is 1.43. The molecule has 2 heterocycles. The number of amides is 1. The van der Waals surface area contributed by atoms with Crippen LogP contribution < -0.4 is 4.74 Å². The number of methoxy groups -OCH3 is 1. The molecule has 3 rings (SSSR count). The third-order valence-corrected chi connectivity index (χ3v) is 7.91. The zero-order chi connectivity index (χ0) is 21.2. The Kier molecular flexibility index (Phi) is 6.86. The monoisotopic (exact) mass is 423 g/mol. The molecule has 2 aliphatic rings. The highest BCUT2D eigenvalue weighted by Gasteiger charge is 2.37. The molecule has 7 nitrogen and oxygen atoms in total. The van der Waals surface area contributed by atoms with E-state index >= 15 is 0 Å². The average Bonchev–Trinajstić information content (AvgIpc) is 2.73. The van der Waals surface area contributed by atoms with Gasteiger partial charge in [0.15, 0.2) is 0 Å². The predicted octanol–water partition coefficient (Wildman–Crippen LogP) is 1.99. The van der Waals surface area contributed by atoms with E-state index in [-0.39, 0.29) is 29.2 Å². The van der Waals surface area contributed by atoms with Gasteiger partial charge in [-0.3, -0.25) is 4.79 Å². The number of piperidine rings is 1. The van der Waals surface area contributed by atoms with Crippen molar-refractivity contribution in [2.75, 3.05) is 53.4 Å². The molecule has 1 atom stereocenters. The molecule has 0 radical (unpaired) electrons. The van der Waals surface area contributed by atoms with E-state index in [4.69, 9.17) is 4.74 Å². The van der Waals surface area contributed by atoms with Crippen LogP contribution in [0.15, 0.2) is 23.1 Å². The number of hydrogen-bond acceptors (Lipinski definition) is 5. The third-order valence-electron chi connectivity index (χ3n) is 6.02. The first-order valence-corrected chi connectivity index (χ1v) is 11.8. The van der Waals surface area contributed by atoms with Gasteiger partial charge in [-0.2, -0.15) is 4.31 Å². The lowest BCUT2D eigenvalue weighted by atomic mass is 9.98. The first kappa shape index (κ1) is 22.1. The SMILES string of the molecule is COc1ccc(C(C)C)cc1S(=O)(=O)N1CCC[C@@H](C(=O)N2CCN(C)CC2)C1. The normalized spacial score (nSPS) is 22.1. The fourth-order valence-corrected chi connectivity index (χ4v) is 5.75. The lowest BCUT2D eigenvalue weighted by Gasteiger charge is -2.37. The molecular formula is C21H33N3O4S. The van der Waals surface area contributed by atoms with Crippen LogP contribution in [0.4, 0.5) is 0 Å². The third kappa shape index (κ3) is 4.75. The van der Waals surface area contributed by atoms with Crippen molar-refractivity contribution in [3.63, 3.8) is 0 Å². The molecule has 0 spiro atoms. The molecule has 0 unspecified atom stereocenters. The fraction of sp³-hybridized carbons (Fsp3) is 0.667. The standard InChI is InChI=1S/C21H33N3O4S/c1-16(2)17-7-8-19(28-4)20(14-17)29(26,27)24-9-5-6-18(15-24)21(25)23-12-10-22(3)11-13-23/h7-8,14,16,18H,5-6,9-13,15H2,1-4H3/t18-/m1/s1. The topological polar surface area (TPSA) is 70.2 Å². The first-order chi connectivity index (χ1) is 13.7. The Morgan fingerprint density at radius 1 is 1.14 bits per heavy atom. The molecule has 2 saturated heterocycles. The van der Waals surface area contributed by atoms with Crippen LogP contribution in [0.3, 0.4) is 0 Å². The lowest BCUT2D eigenvalue weighted by molar-refractivity contribution is -0.138. The van der Waals surface area contributed by atoms with Crippen LogP contribution in [0.1, 0.15) is 38.2 Å². The van der Waals surface area contributed by atoms with Crippen molar-refractivity contribution >= 4 is 15.9 Å². The second-order valence-electron chi connectivity index (χ2n) is 8.40. The van der Waals surface area contributed by atoms with E-state index < -0.39 is 10.0 Å². The summed E-state index contributed by atoms with van der Waals surface area (Å²) in [5.41, 5.74) is 0.950. The van der Waals surface area contributed by atoms with Gasteiger partial charge in [0.2, 0.25) is 15.9 Å². The molecule has 2 fully saturated rings. The fourth-order valence-electron chi connectivity index (χ4n) is 4.04. The maximum atomic E-state index is 13.4. The van der Waals surface area contributed by atoms with Crippen molar-refractivity contribution in [1.29, 1.82) is 0 Å². The van der Waals surface area contributed by atoms with Gasteiger partial charge in [0.1, 0.15) is 10.6 Å². The first-order valence-electron chi connectivity index (χ1n) is 10.4. The van der Waals surface area contributed by atoms with Crippen LogP contribution in [-0.4, -0.2) is 81.9 Å². The van der Waals surface area contributed by atoms with Gasteiger partial charge in [-0.05, 0) is 43.5 Å². The van der Waals surface area contributed by atoms with Gasteiger partial charge in [0.05, 0.1) is 13.0 Å². The molecule has 1 aromatic rings. The maximum Gasteiger partial charge on any atom is 0.246 e. The van der Waals surface area contributed by atoms with Crippen LogP contribution in [-0.2, 0) is 14.8 Å². The van der Waals surface area contributed by atoms with Gasteiger partial charge in [0.25, 0.3) is 0 Å². The van der Waals surface area contributed by atoms with Gasteiger partial charge in [-0.15, -0.1) is 0 Å². The minimum Gasteiger partial charge on any atom is -0.495 e. The summed E-state index contributed by atoms with van der Waals surface area (Å²) in [5, 5.41) is 0. The number of sulfonamides is 1. The van der Waals surface area contributed by atoms with Gasteiger partial charge >= 0.3 is 0 Å². The Balaban J connectivity index is 1.81. The van der Waals surface area contributed by atoms with Crippen LogP contribution >= 0.6 is 0 Å². The lowest BCUT2D eigenvalue weighted by Crippen LogP contribution is -2.52. The summed E-state index contributed by atoms with van der Waals surface area (Å²) in [4.78, 5) is 17.3. The Bertz CT molecular complexity index is 832. The number of carbonyl (C=O) groups is 1. The van der Waals surface area contributed by atoms with Crippen LogP contribution in [0.2, 0.25) is 0 Å². The van der Waals surface area contributed by atoms with Crippen molar-refractivity contribution in [1.82, 2.24) is 14.1 Å². The molecule has 8 heteroatoms. The van der Waals surface area contributed by atoms with Crippen molar-refractivity contribution < 1.29 is 17.9 Å². The maximum absolute atomic E-state index is 13.4. The second kappa shape index (κ2) is 9.02. The van der Waals surface area contributed by atoms with E-state index in [1.165, 1.54) is 11.4 Å². The highest BCUT2D eigenvalue weighted by atomic mass is 32.2. The number of benzene rings is 1. The summed E-state index contributed by atoms with van der Waals surface area (Å²) >= 11 is 0. The summed E-state index contributed by atoms with van der Waals surface area (Å²) in [7, 11) is -0.201. The smallest absolute Gasteiger partial charge is 0.246 e. The molecule has 29 heavy (non-hydrogen) atoms. The molecule has 1 aromatic carbocycles. The minimum absolute atomic E-state index is 0.0842. The molecule has 0 aromatic heterocycles. The van der Waals surface area contributed by atoms with E-state index in [1.54, 1.807) is 12.1 Å². The average molecular weight is 424 g/mol. The summed E-state index contributed by atoms with van der Waals surface area (Å²) in [5.74, 6) is 0.367. The number of piperazine rings is 1. The molecule has 0 N–H and O–H groups in total. The molecule has 1 amide bonds. The molecule has 162 valence electrons. The quantitative estimate of drug-likeness (QED) is 0.724. The number of nitrogens with zero attached hydrogens (tertiary/aromatic N) is 3. The van der Waals surface area contributed by atoms with Crippen LogP contribution in [0, 0.1) is 5.92 Å². The van der Waals surface area contributed by atoms with Crippen molar-refractivity contribution in [3.05, 3.63) is 23.8 Å².